The van der Waals surface area contributed by atoms with Crippen LogP contribution in [0, 0.1) is 0 Å². The third kappa shape index (κ3) is 1.30. The minimum atomic E-state index is -0.385. The van der Waals surface area contributed by atoms with Gasteiger partial charge >= 0.3 is 0 Å². The Morgan fingerprint density at radius 1 is 1.13 bits per heavy atom. The van der Waals surface area contributed by atoms with E-state index in [1.165, 1.54) is 0 Å². The minimum absolute atomic E-state index is 0.0217. The second kappa shape index (κ2) is 2.80. The maximum absolute atomic E-state index is 11.7. The van der Waals surface area contributed by atoms with Gasteiger partial charge in [-0.2, -0.15) is 0 Å². The lowest BCUT2D eigenvalue weighted by atomic mass is 10.1. The molecule has 0 unspecified atom stereocenters. The molecule has 0 atom stereocenters. The van der Waals surface area contributed by atoms with Gasteiger partial charge in [0.1, 0.15) is 5.54 Å². The summed E-state index contributed by atoms with van der Waals surface area (Å²) in [7, 11) is 0. The highest BCUT2D eigenvalue weighted by molar-refractivity contribution is 6.42. The van der Waals surface area contributed by atoms with Crippen LogP contribution in [0.25, 0.3) is 0 Å². The summed E-state index contributed by atoms with van der Waals surface area (Å²) in [5.41, 5.74) is 1.16. The van der Waals surface area contributed by atoms with Gasteiger partial charge in [-0.1, -0.05) is 23.2 Å². The number of nitrogens with one attached hydrogen (secondary N) is 2. The number of hydrogen-bond acceptors (Lipinski definition) is 2. The van der Waals surface area contributed by atoms with E-state index in [1.807, 2.05) is 0 Å². The first kappa shape index (κ1) is 9.31. The molecule has 2 aliphatic rings. The van der Waals surface area contributed by atoms with Gasteiger partial charge in [0.2, 0.25) is 5.91 Å². The summed E-state index contributed by atoms with van der Waals surface area (Å²) < 4.78 is 0. The molecule has 0 aromatic heterocycles. The number of halogens is 2. The first-order valence-electron chi connectivity index (χ1n) is 4.69. The Balaban J connectivity index is 2.09. The van der Waals surface area contributed by atoms with Crippen molar-refractivity contribution in [3.63, 3.8) is 0 Å². The Kier molecular flexibility index (Phi) is 1.74. The number of hydrogen-bond donors (Lipinski definition) is 2. The van der Waals surface area contributed by atoms with Gasteiger partial charge < -0.3 is 10.6 Å². The van der Waals surface area contributed by atoms with Crippen molar-refractivity contribution >= 4 is 40.5 Å². The van der Waals surface area contributed by atoms with Crippen molar-refractivity contribution in [2.75, 3.05) is 10.6 Å². The number of benzene rings is 1. The summed E-state index contributed by atoms with van der Waals surface area (Å²) in [6, 6.07) is 3.41. The van der Waals surface area contributed by atoms with Gasteiger partial charge in [0.05, 0.1) is 21.4 Å². The van der Waals surface area contributed by atoms with E-state index in [1.54, 1.807) is 12.1 Å². The Morgan fingerprint density at radius 2 is 1.73 bits per heavy atom. The molecule has 1 heterocycles. The van der Waals surface area contributed by atoms with Crippen LogP contribution in [0.1, 0.15) is 12.8 Å². The molecular weight excluding hydrogens is 235 g/mol. The van der Waals surface area contributed by atoms with E-state index in [0.717, 1.165) is 18.5 Å². The highest BCUT2D eigenvalue weighted by atomic mass is 35.5. The fourth-order valence-corrected chi connectivity index (χ4v) is 2.11. The Labute approximate surface area is 96.7 Å². The van der Waals surface area contributed by atoms with Gasteiger partial charge in [-0.15, -0.1) is 0 Å². The van der Waals surface area contributed by atoms with Gasteiger partial charge in [0, 0.05) is 0 Å². The Hall–Kier alpha value is -0.930. The lowest BCUT2D eigenvalue weighted by Crippen LogP contribution is -2.40. The number of carbonyl (C=O) groups is 1. The zero-order valence-corrected chi connectivity index (χ0v) is 9.24. The summed E-state index contributed by atoms with van der Waals surface area (Å²) in [5.74, 6) is 0.0217. The van der Waals surface area contributed by atoms with Gasteiger partial charge in [-0.25, -0.2) is 0 Å². The van der Waals surface area contributed by atoms with Gasteiger partial charge in [-0.05, 0) is 25.0 Å². The van der Waals surface area contributed by atoms with E-state index < -0.39 is 0 Å². The maximum atomic E-state index is 11.7. The number of rotatable bonds is 0. The molecule has 1 aliphatic heterocycles. The van der Waals surface area contributed by atoms with Crippen LogP contribution in [0.15, 0.2) is 12.1 Å². The zero-order chi connectivity index (χ0) is 10.6. The van der Waals surface area contributed by atoms with Crippen molar-refractivity contribution < 1.29 is 4.79 Å². The number of anilines is 2. The number of amides is 1. The summed E-state index contributed by atoms with van der Waals surface area (Å²) in [4.78, 5) is 11.7. The first-order chi connectivity index (χ1) is 7.11. The van der Waals surface area contributed by atoms with Crippen molar-refractivity contribution in [1.29, 1.82) is 0 Å². The average Bonchev–Trinajstić information content (AvgIpc) is 2.93. The first-order valence-corrected chi connectivity index (χ1v) is 5.45. The molecule has 78 valence electrons. The summed E-state index contributed by atoms with van der Waals surface area (Å²) in [6.07, 6.45) is 1.75. The molecule has 2 N–H and O–H groups in total. The molecule has 1 saturated carbocycles. The highest BCUT2D eigenvalue weighted by Gasteiger charge is 2.52. The minimum Gasteiger partial charge on any atom is -0.369 e. The van der Waals surface area contributed by atoms with Gasteiger partial charge in [0.25, 0.3) is 0 Å². The smallest absolute Gasteiger partial charge is 0.250 e. The summed E-state index contributed by atoms with van der Waals surface area (Å²) in [5, 5.41) is 6.99. The predicted molar refractivity (Wildman–Crippen MR) is 60.7 cm³/mol. The molecule has 3 nitrogen and oxygen atoms in total. The number of carbonyl (C=O) groups excluding carboxylic acids is 1. The maximum Gasteiger partial charge on any atom is 0.250 e. The molecule has 1 aromatic rings. The van der Waals surface area contributed by atoms with Crippen LogP contribution in [0.4, 0.5) is 11.4 Å². The van der Waals surface area contributed by atoms with Gasteiger partial charge in [-0.3, -0.25) is 4.79 Å². The lowest BCUT2D eigenvalue weighted by Gasteiger charge is -2.27. The molecule has 0 bridgehead atoms. The second-order valence-corrected chi connectivity index (χ2v) is 4.79. The third-order valence-electron chi connectivity index (χ3n) is 2.87. The number of fused-ring (bicyclic) bond motifs is 1. The van der Waals surface area contributed by atoms with Crippen LogP contribution in [0.3, 0.4) is 0 Å². The molecule has 0 radical (unpaired) electrons. The van der Waals surface area contributed by atoms with E-state index in [9.17, 15) is 4.79 Å². The van der Waals surface area contributed by atoms with E-state index in [-0.39, 0.29) is 11.4 Å². The van der Waals surface area contributed by atoms with Crippen molar-refractivity contribution in [3.8, 4) is 0 Å². The fraction of sp³-hybridized carbons (Fsp3) is 0.300. The quantitative estimate of drug-likeness (QED) is 0.735. The second-order valence-electron chi connectivity index (χ2n) is 3.97. The molecule has 5 heteroatoms. The molecule has 1 amide bonds. The van der Waals surface area contributed by atoms with Crippen LogP contribution < -0.4 is 10.6 Å². The summed E-state index contributed by atoms with van der Waals surface area (Å²) >= 11 is 11.8. The molecule has 1 spiro atoms. The Bertz CT molecular complexity index is 469. The van der Waals surface area contributed by atoms with E-state index in [4.69, 9.17) is 23.2 Å². The van der Waals surface area contributed by atoms with Crippen LogP contribution in [0.5, 0.6) is 0 Å². The van der Waals surface area contributed by atoms with Crippen LogP contribution in [-0.4, -0.2) is 11.4 Å². The van der Waals surface area contributed by atoms with Gasteiger partial charge in [0.15, 0.2) is 0 Å². The monoisotopic (exact) mass is 242 g/mol. The van der Waals surface area contributed by atoms with Crippen molar-refractivity contribution in [3.05, 3.63) is 22.2 Å². The molecule has 15 heavy (non-hydrogen) atoms. The van der Waals surface area contributed by atoms with Crippen molar-refractivity contribution in [1.82, 2.24) is 0 Å². The van der Waals surface area contributed by atoms with E-state index in [2.05, 4.69) is 10.6 Å². The molecule has 1 aliphatic carbocycles. The third-order valence-corrected chi connectivity index (χ3v) is 3.59. The fourth-order valence-electron chi connectivity index (χ4n) is 1.79. The van der Waals surface area contributed by atoms with E-state index in [0.29, 0.717) is 15.7 Å². The standard InChI is InChI=1S/C10H8Cl2N2O/c11-5-3-7-8(4-6(5)12)14-10(1-2-10)9(15)13-7/h3-4,14H,1-2H2,(H,13,15). The van der Waals surface area contributed by atoms with Crippen LogP contribution in [-0.2, 0) is 4.79 Å². The Morgan fingerprint density at radius 3 is 2.33 bits per heavy atom. The molecule has 1 aromatic carbocycles. The largest absolute Gasteiger partial charge is 0.369 e. The van der Waals surface area contributed by atoms with Crippen LogP contribution >= 0.6 is 23.2 Å². The van der Waals surface area contributed by atoms with Crippen molar-refractivity contribution in [2.45, 2.75) is 18.4 Å². The lowest BCUT2D eigenvalue weighted by molar-refractivity contribution is -0.117. The normalized spacial score (nSPS) is 20.5. The highest BCUT2D eigenvalue weighted by Crippen LogP contribution is 2.46. The van der Waals surface area contributed by atoms with Crippen molar-refractivity contribution in [2.24, 2.45) is 0 Å². The molecular formula is C10H8Cl2N2O. The topological polar surface area (TPSA) is 41.1 Å². The average molecular weight is 243 g/mol. The zero-order valence-electron chi connectivity index (χ0n) is 7.73. The SMILES string of the molecule is O=C1Nc2cc(Cl)c(Cl)cc2NC12CC2. The molecule has 1 fully saturated rings. The molecule has 3 rings (SSSR count). The predicted octanol–water partition coefficient (Wildman–Crippen LogP) is 2.89. The summed E-state index contributed by atoms with van der Waals surface area (Å²) in [6.45, 7) is 0. The van der Waals surface area contributed by atoms with E-state index >= 15 is 0 Å². The van der Waals surface area contributed by atoms with Crippen LogP contribution in [0.2, 0.25) is 10.0 Å². The molecule has 0 saturated heterocycles.